The maximum absolute atomic E-state index is 12.2. The molecule has 0 saturated heterocycles. The molecule has 4 N–H and O–H groups in total. The molecule has 0 spiro atoms. The molecule has 1 aromatic rings. The Morgan fingerprint density at radius 2 is 1.83 bits per heavy atom. The third-order valence-electron chi connectivity index (χ3n) is 3.50. The summed E-state index contributed by atoms with van der Waals surface area (Å²) in [7, 11) is 3.16. The lowest BCUT2D eigenvalue weighted by Crippen LogP contribution is -2.49. The van der Waals surface area contributed by atoms with E-state index in [4.69, 9.17) is 15.2 Å². The SMILES string of the molecule is COc1ccc(CCNC(=O)[C@H](CC(C)C)NC(N)=O)cc1OC. The van der Waals surface area contributed by atoms with Crippen LogP contribution in [0.1, 0.15) is 25.8 Å². The van der Waals surface area contributed by atoms with Crippen molar-refractivity contribution in [1.29, 1.82) is 0 Å². The van der Waals surface area contributed by atoms with E-state index < -0.39 is 12.1 Å². The van der Waals surface area contributed by atoms with Crippen LogP contribution in [-0.4, -0.2) is 38.7 Å². The molecule has 3 amide bonds. The summed E-state index contributed by atoms with van der Waals surface area (Å²) < 4.78 is 10.4. The molecule has 24 heavy (non-hydrogen) atoms. The second-order valence-electron chi connectivity index (χ2n) is 5.92. The number of carbonyl (C=O) groups excluding carboxylic acids is 2. The number of benzene rings is 1. The van der Waals surface area contributed by atoms with Gasteiger partial charge in [0.2, 0.25) is 5.91 Å². The summed E-state index contributed by atoms with van der Waals surface area (Å²) in [5, 5.41) is 5.31. The molecule has 0 bridgehead atoms. The van der Waals surface area contributed by atoms with Gasteiger partial charge >= 0.3 is 6.03 Å². The van der Waals surface area contributed by atoms with E-state index >= 15 is 0 Å². The molecule has 0 unspecified atom stereocenters. The van der Waals surface area contributed by atoms with Crippen molar-refractivity contribution >= 4 is 11.9 Å². The Balaban J connectivity index is 2.58. The molecule has 1 rings (SSSR count). The molecule has 0 aliphatic heterocycles. The first-order valence-corrected chi connectivity index (χ1v) is 7.92. The average molecular weight is 337 g/mol. The van der Waals surface area contributed by atoms with Crippen LogP contribution in [0.5, 0.6) is 11.5 Å². The first-order valence-electron chi connectivity index (χ1n) is 7.92. The van der Waals surface area contributed by atoms with Crippen molar-refractivity contribution in [2.75, 3.05) is 20.8 Å². The summed E-state index contributed by atoms with van der Waals surface area (Å²) in [6.45, 7) is 4.41. The molecular weight excluding hydrogens is 310 g/mol. The fraction of sp³-hybridized carbons (Fsp3) is 0.529. The lowest BCUT2D eigenvalue weighted by Gasteiger charge is -2.19. The van der Waals surface area contributed by atoms with Crippen LogP contribution in [0.15, 0.2) is 18.2 Å². The molecule has 0 aliphatic rings. The number of rotatable bonds is 9. The van der Waals surface area contributed by atoms with Crippen LogP contribution in [0.25, 0.3) is 0 Å². The molecule has 0 aromatic heterocycles. The summed E-state index contributed by atoms with van der Waals surface area (Å²) in [5.74, 6) is 1.34. The molecule has 134 valence electrons. The van der Waals surface area contributed by atoms with Gasteiger partial charge < -0.3 is 25.8 Å². The zero-order chi connectivity index (χ0) is 18.1. The van der Waals surface area contributed by atoms with Crippen molar-refractivity contribution < 1.29 is 19.1 Å². The molecule has 0 heterocycles. The highest BCUT2D eigenvalue weighted by Gasteiger charge is 2.20. The Morgan fingerprint density at radius 3 is 2.38 bits per heavy atom. The monoisotopic (exact) mass is 337 g/mol. The number of amides is 3. The van der Waals surface area contributed by atoms with E-state index in [9.17, 15) is 9.59 Å². The van der Waals surface area contributed by atoms with Crippen molar-refractivity contribution in [3.05, 3.63) is 23.8 Å². The summed E-state index contributed by atoms with van der Waals surface area (Å²) in [6.07, 6.45) is 1.17. The molecule has 0 fully saturated rings. The van der Waals surface area contributed by atoms with Gasteiger partial charge in [0.05, 0.1) is 14.2 Å². The van der Waals surface area contributed by atoms with Crippen LogP contribution in [-0.2, 0) is 11.2 Å². The summed E-state index contributed by atoms with van der Waals surface area (Å²) in [5.41, 5.74) is 6.14. The Labute approximate surface area is 142 Å². The summed E-state index contributed by atoms with van der Waals surface area (Å²) >= 11 is 0. The average Bonchev–Trinajstić information content (AvgIpc) is 2.53. The Hall–Kier alpha value is -2.44. The molecule has 0 radical (unpaired) electrons. The number of nitrogens with one attached hydrogen (secondary N) is 2. The van der Waals surface area contributed by atoms with Gasteiger partial charge in [-0.3, -0.25) is 4.79 Å². The molecule has 0 aliphatic carbocycles. The number of ether oxygens (including phenoxy) is 2. The Bertz CT molecular complexity index is 561. The number of nitrogens with two attached hydrogens (primary N) is 1. The maximum Gasteiger partial charge on any atom is 0.312 e. The number of hydrogen-bond acceptors (Lipinski definition) is 4. The molecule has 1 aromatic carbocycles. The van der Waals surface area contributed by atoms with Gasteiger partial charge in [0.15, 0.2) is 11.5 Å². The predicted octanol–water partition coefficient (Wildman–Crippen LogP) is 1.45. The van der Waals surface area contributed by atoms with E-state index in [1.165, 1.54) is 0 Å². The van der Waals surface area contributed by atoms with E-state index in [1.807, 2.05) is 32.0 Å². The van der Waals surface area contributed by atoms with E-state index in [-0.39, 0.29) is 11.8 Å². The van der Waals surface area contributed by atoms with Crippen molar-refractivity contribution in [3.63, 3.8) is 0 Å². The summed E-state index contributed by atoms with van der Waals surface area (Å²) in [6, 6.07) is 4.30. The molecule has 7 heteroatoms. The van der Waals surface area contributed by atoms with Gasteiger partial charge in [-0.15, -0.1) is 0 Å². The van der Waals surface area contributed by atoms with Crippen LogP contribution >= 0.6 is 0 Å². The number of urea groups is 1. The van der Waals surface area contributed by atoms with Gasteiger partial charge in [-0.05, 0) is 36.5 Å². The Kier molecular flexibility index (Phi) is 7.88. The van der Waals surface area contributed by atoms with Crippen LogP contribution in [0.2, 0.25) is 0 Å². The minimum Gasteiger partial charge on any atom is -0.493 e. The van der Waals surface area contributed by atoms with Gasteiger partial charge in [-0.25, -0.2) is 4.79 Å². The Morgan fingerprint density at radius 1 is 1.17 bits per heavy atom. The molecular formula is C17H27N3O4. The van der Waals surface area contributed by atoms with Gasteiger partial charge in [-0.2, -0.15) is 0 Å². The number of primary amides is 1. The number of methoxy groups -OCH3 is 2. The largest absolute Gasteiger partial charge is 0.493 e. The van der Waals surface area contributed by atoms with Gasteiger partial charge in [0, 0.05) is 6.54 Å². The highest BCUT2D eigenvalue weighted by molar-refractivity contribution is 5.86. The quantitative estimate of drug-likeness (QED) is 0.634. The van der Waals surface area contributed by atoms with Gasteiger partial charge in [-0.1, -0.05) is 19.9 Å². The fourth-order valence-corrected chi connectivity index (χ4v) is 2.36. The second kappa shape index (κ2) is 9.64. The van der Waals surface area contributed by atoms with Crippen molar-refractivity contribution in [1.82, 2.24) is 10.6 Å². The van der Waals surface area contributed by atoms with Gasteiger partial charge in [0.1, 0.15) is 6.04 Å². The fourth-order valence-electron chi connectivity index (χ4n) is 2.36. The zero-order valence-corrected chi connectivity index (χ0v) is 14.7. The first-order chi connectivity index (χ1) is 11.4. The second-order valence-corrected chi connectivity index (χ2v) is 5.92. The third kappa shape index (κ3) is 6.36. The van der Waals surface area contributed by atoms with E-state index in [0.717, 1.165) is 5.56 Å². The van der Waals surface area contributed by atoms with Crippen molar-refractivity contribution in [3.8, 4) is 11.5 Å². The van der Waals surface area contributed by atoms with Crippen LogP contribution in [0.4, 0.5) is 4.79 Å². The molecule has 0 saturated carbocycles. The van der Waals surface area contributed by atoms with Crippen LogP contribution in [0, 0.1) is 5.92 Å². The third-order valence-corrected chi connectivity index (χ3v) is 3.50. The zero-order valence-electron chi connectivity index (χ0n) is 14.7. The predicted molar refractivity (Wildman–Crippen MR) is 92.2 cm³/mol. The number of hydrogen-bond donors (Lipinski definition) is 3. The first kappa shape index (κ1) is 19.6. The van der Waals surface area contributed by atoms with Crippen LogP contribution in [0.3, 0.4) is 0 Å². The number of carbonyl (C=O) groups is 2. The standard InChI is InChI=1S/C17H27N3O4/c1-11(2)9-13(20-17(18)22)16(21)19-8-7-12-5-6-14(23-3)15(10-12)24-4/h5-6,10-11,13H,7-9H2,1-4H3,(H,19,21)(H3,18,20,22)/t13-/m0/s1. The molecule has 7 nitrogen and oxygen atoms in total. The smallest absolute Gasteiger partial charge is 0.312 e. The minimum atomic E-state index is -0.698. The minimum absolute atomic E-state index is 0.233. The lowest BCUT2D eigenvalue weighted by atomic mass is 10.0. The van der Waals surface area contributed by atoms with Crippen molar-refractivity contribution in [2.24, 2.45) is 11.7 Å². The van der Waals surface area contributed by atoms with Crippen molar-refractivity contribution in [2.45, 2.75) is 32.7 Å². The summed E-state index contributed by atoms with van der Waals surface area (Å²) in [4.78, 5) is 23.2. The van der Waals surface area contributed by atoms with E-state index in [2.05, 4.69) is 10.6 Å². The van der Waals surface area contributed by atoms with E-state index in [0.29, 0.717) is 30.9 Å². The van der Waals surface area contributed by atoms with E-state index in [1.54, 1.807) is 14.2 Å². The van der Waals surface area contributed by atoms with Gasteiger partial charge in [0.25, 0.3) is 0 Å². The highest BCUT2D eigenvalue weighted by Crippen LogP contribution is 2.27. The van der Waals surface area contributed by atoms with Crippen LogP contribution < -0.4 is 25.8 Å². The topological polar surface area (TPSA) is 103 Å². The molecule has 1 atom stereocenters. The maximum atomic E-state index is 12.2. The lowest BCUT2D eigenvalue weighted by molar-refractivity contribution is -0.123. The normalized spacial score (nSPS) is 11.7. The highest BCUT2D eigenvalue weighted by atomic mass is 16.5.